The Balaban J connectivity index is 1.44. The van der Waals surface area contributed by atoms with Crippen molar-refractivity contribution in [3.8, 4) is 23.1 Å². The zero-order chi connectivity index (χ0) is 31.2. The van der Waals surface area contributed by atoms with Crippen molar-refractivity contribution >= 4 is 6.16 Å². The fraction of sp³-hybridized carbons (Fsp3) is 0.407. The highest BCUT2D eigenvalue weighted by Crippen LogP contribution is 2.37. The maximum Gasteiger partial charge on any atom is 0.510 e. The minimum Gasteiger partial charge on any atom is -0.489 e. The fourth-order valence-electron chi connectivity index (χ4n) is 4.12. The standard InChI is InChI=1S/C27H25F6N5O5/c1-17(43-25(39)41-12-9-37-7-10-40-11-8-37)38-35-23(15-34)24(36-38)18-3-2-4-21(14-18)42-16-19-13-20(26(28,29)30)5-6-22(19)27(31,32)33/h2-6,13-14,17H,7-12,16H2,1H3. The number of carbonyl (C=O) groups is 1. The van der Waals surface area contributed by atoms with Crippen LogP contribution in [0.1, 0.15) is 35.5 Å². The first-order valence-electron chi connectivity index (χ1n) is 12.9. The van der Waals surface area contributed by atoms with Crippen LogP contribution in [-0.2, 0) is 33.2 Å². The second-order valence-corrected chi connectivity index (χ2v) is 9.28. The van der Waals surface area contributed by atoms with Gasteiger partial charge in [0.25, 0.3) is 0 Å². The molecule has 10 nitrogen and oxygen atoms in total. The topological polar surface area (TPSA) is 112 Å². The quantitative estimate of drug-likeness (QED) is 0.230. The van der Waals surface area contributed by atoms with Gasteiger partial charge >= 0.3 is 18.5 Å². The van der Waals surface area contributed by atoms with Crippen molar-refractivity contribution in [2.75, 3.05) is 39.5 Å². The van der Waals surface area contributed by atoms with E-state index in [1.165, 1.54) is 31.2 Å². The molecule has 4 rings (SSSR count). The van der Waals surface area contributed by atoms with Crippen LogP contribution in [-0.4, -0.2) is 65.5 Å². The molecule has 1 atom stereocenters. The van der Waals surface area contributed by atoms with E-state index in [0.29, 0.717) is 38.0 Å². The molecule has 2 heterocycles. The highest BCUT2D eigenvalue weighted by molar-refractivity contribution is 5.65. The number of halogens is 6. The largest absolute Gasteiger partial charge is 0.510 e. The van der Waals surface area contributed by atoms with Crippen LogP contribution in [0.3, 0.4) is 0 Å². The normalized spacial score (nSPS) is 15.0. The summed E-state index contributed by atoms with van der Waals surface area (Å²) in [5, 5.41) is 17.8. The van der Waals surface area contributed by atoms with E-state index in [0.717, 1.165) is 17.9 Å². The maximum atomic E-state index is 13.4. The zero-order valence-electron chi connectivity index (χ0n) is 22.6. The van der Waals surface area contributed by atoms with Crippen molar-refractivity contribution in [2.45, 2.75) is 32.1 Å². The summed E-state index contributed by atoms with van der Waals surface area (Å²) in [7, 11) is 0. The molecule has 0 N–H and O–H groups in total. The van der Waals surface area contributed by atoms with Gasteiger partial charge in [0.1, 0.15) is 30.7 Å². The molecule has 1 saturated heterocycles. The van der Waals surface area contributed by atoms with E-state index in [4.69, 9.17) is 18.9 Å². The number of aromatic nitrogens is 3. The van der Waals surface area contributed by atoms with Gasteiger partial charge < -0.3 is 18.9 Å². The Labute approximate surface area is 241 Å². The lowest BCUT2D eigenvalue weighted by Crippen LogP contribution is -2.38. The molecule has 0 bridgehead atoms. The van der Waals surface area contributed by atoms with Gasteiger partial charge in [-0.1, -0.05) is 12.1 Å². The number of nitrogens with zero attached hydrogens (tertiary/aromatic N) is 5. The number of alkyl halides is 6. The number of nitriles is 1. The summed E-state index contributed by atoms with van der Waals surface area (Å²) >= 11 is 0. The third-order valence-electron chi connectivity index (χ3n) is 6.30. The van der Waals surface area contributed by atoms with Gasteiger partial charge in [0.05, 0.1) is 24.3 Å². The molecule has 16 heteroatoms. The minimum absolute atomic E-state index is 0.00498. The van der Waals surface area contributed by atoms with Crippen LogP contribution in [0.25, 0.3) is 11.3 Å². The van der Waals surface area contributed by atoms with Crippen LogP contribution in [0.5, 0.6) is 5.75 Å². The van der Waals surface area contributed by atoms with Crippen LogP contribution in [0.4, 0.5) is 31.1 Å². The van der Waals surface area contributed by atoms with Crippen LogP contribution in [0.2, 0.25) is 0 Å². The first kappa shape index (κ1) is 31.6. The number of benzene rings is 2. The maximum absolute atomic E-state index is 13.4. The number of carbonyl (C=O) groups excluding carboxylic acids is 1. The summed E-state index contributed by atoms with van der Waals surface area (Å²) in [6.45, 7) is 3.85. The Kier molecular flexibility index (Phi) is 9.77. The lowest BCUT2D eigenvalue weighted by atomic mass is 10.0. The van der Waals surface area contributed by atoms with Crippen LogP contribution < -0.4 is 4.74 Å². The summed E-state index contributed by atoms with van der Waals surface area (Å²) in [6.07, 6.45) is -11.8. The number of ether oxygens (including phenoxy) is 4. The minimum atomic E-state index is -4.90. The fourth-order valence-corrected chi connectivity index (χ4v) is 4.12. The predicted octanol–water partition coefficient (Wildman–Crippen LogP) is 5.44. The van der Waals surface area contributed by atoms with E-state index >= 15 is 0 Å². The SMILES string of the molecule is CC(OC(=O)OCCN1CCOCC1)n1nc(C#N)c(-c2cccc(OCc3cc(C(F)(F)F)ccc3C(F)(F)F)c2)n1. The molecule has 0 aliphatic carbocycles. The molecule has 0 radical (unpaired) electrons. The van der Waals surface area contributed by atoms with Gasteiger partial charge in [-0.05, 0) is 37.3 Å². The lowest BCUT2D eigenvalue weighted by molar-refractivity contribution is -0.142. The molecule has 0 amide bonds. The Morgan fingerprint density at radius 2 is 1.81 bits per heavy atom. The summed E-state index contributed by atoms with van der Waals surface area (Å²) in [5.74, 6) is -0.00498. The lowest BCUT2D eigenvalue weighted by Gasteiger charge is -2.26. The highest BCUT2D eigenvalue weighted by Gasteiger charge is 2.37. The molecule has 0 saturated carbocycles. The Bertz CT molecular complexity index is 1460. The number of hydrogen-bond acceptors (Lipinski definition) is 9. The second kappa shape index (κ2) is 13.3. The van der Waals surface area contributed by atoms with E-state index in [2.05, 4.69) is 15.1 Å². The Morgan fingerprint density at radius 3 is 2.49 bits per heavy atom. The van der Waals surface area contributed by atoms with Gasteiger partial charge in [0.15, 0.2) is 5.69 Å². The van der Waals surface area contributed by atoms with E-state index in [-0.39, 0.29) is 29.3 Å². The Morgan fingerprint density at radius 1 is 1.07 bits per heavy atom. The molecule has 1 unspecified atom stereocenters. The molecule has 1 aliphatic rings. The van der Waals surface area contributed by atoms with E-state index in [1.54, 1.807) is 0 Å². The molecular formula is C27H25F6N5O5. The van der Waals surface area contributed by atoms with Gasteiger partial charge in [-0.25, -0.2) is 4.79 Å². The molecule has 1 aliphatic heterocycles. The average Bonchev–Trinajstić information content (AvgIpc) is 3.41. The van der Waals surface area contributed by atoms with E-state index in [1.807, 2.05) is 6.07 Å². The molecular weight excluding hydrogens is 588 g/mol. The molecule has 1 fully saturated rings. The van der Waals surface area contributed by atoms with Crippen LogP contribution in [0.15, 0.2) is 42.5 Å². The molecule has 1 aromatic heterocycles. The first-order chi connectivity index (χ1) is 20.3. The summed E-state index contributed by atoms with van der Waals surface area (Å²) < 4.78 is 101. The summed E-state index contributed by atoms with van der Waals surface area (Å²) in [6, 6.07) is 8.64. The molecule has 2 aromatic carbocycles. The number of hydrogen-bond donors (Lipinski definition) is 0. The average molecular weight is 614 g/mol. The molecule has 43 heavy (non-hydrogen) atoms. The third kappa shape index (κ3) is 8.36. The number of morpholine rings is 1. The van der Waals surface area contributed by atoms with Crippen LogP contribution in [0, 0.1) is 11.3 Å². The number of rotatable bonds is 9. The van der Waals surface area contributed by atoms with Crippen molar-refractivity contribution in [2.24, 2.45) is 0 Å². The summed E-state index contributed by atoms with van der Waals surface area (Å²) in [4.78, 5) is 15.2. The molecule has 3 aromatic rings. The van der Waals surface area contributed by atoms with E-state index < -0.39 is 48.0 Å². The predicted molar refractivity (Wildman–Crippen MR) is 135 cm³/mol. The second-order valence-electron chi connectivity index (χ2n) is 9.28. The van der Waals surface area contributed by atoms with Gasteiger partial charge in [-0.3, -0.25) is 4.90 Å². The van der Waals surface area contributed by atoms with Crippen molar-refractivity contribution in [3.05, 3.63) is 64.8 Å². The smallest absolute Gasteiger partial charge is 0.489 e. The highest BCUT2D eigenvalue weighted by atomic mass is 19.4. The van der Waals surface area contributed by atoms with Crippen molar-refractivity contribution in [3.63, 3.8) is 0 Å². The zero-order valence-corrected chi connectivity index (χ0v) is 22.6. The third-order valence-corrected chi connectivity index (χ3v) is 6.30. The van der Waals surface area contributed by atoms with Crippen molar-refractivity contribution in [1.29, 1.82) is 5.26 Å². The summed E-state index contributed by atoms with van der Waals surface area (Å²) in [5.41, 5.74) is -3.08. The molecule has 230 valence electrons. The van der Waals surface area contributed by atoms with Crippen molar-refractivity contribution < 1.29 is 50.1 Å². The first-order valence-corrected chi connectivity index (χ1v) is 12.9. The monoisotopic (exact) mass is 613 g/mol. The van der Waals surface area contributed by atoms with E-state index in [9.17, 15) is 36.4 Å². The van der Waals surface area contributed by atoms with Gasteiger partial charge in [0, 0.05) is 30.8 Å². The van der Waals surface area contributed by atoms with Gasteiger partial charge in [-0.2, -0.15) is 31.6 Å². The van der Waals surface area contributed by atoms with Crippen molar-refractivity contribution in [1.82, 2.24) is 19.9 Å². The van der Waals surface area contributed by atoms with Gasteiger partial charge in [-0.15, -0.1) is 15.0 Å². The molecule has 0 spiro atoms. The Hall–Kier alpha value is -4.36. The van der Waals surface area contributed by atoms with Crippen LogP contribution >= 0.6 is 0 Å². The van der Waals surface area contributed by atoms with Gasteiger partial charge in [0.2, 0.25) is 6.23 Å².